The molecule has 0 saturated heterocycles. The number of carbonyl (C=O) groups excluding carboxylic acids is 1. The zero-order chi connectivity index (χ0) is 15.4. The van der Waals surface area contributed by atoms with Crippen LogP contribution in [0.4, 0.5) is 21.9 Å². The summed E-state index contributed by atoms with van der Waals surface area (Å²) in [6, 6.07) is 13.5. The Kier molecular flexibility index (Phi) is 4.48. The number of rotatable bonds is 3. The Morgan fingerprint density at radius 2 is 1.62 bits per heavy atom. The Morgan fingerprint density at radius 3 is 2.24 bits per heavy atom. The van der Waals surface area contributed by atoms with Gasteiger partial charge in [-0.05, 0) is 55.3 Å². The first-order chi connectivity index (χ1) is 9.95. The van der Waals surface area contributed by atoms with Gasteiger partial charge in [-0.15, -0.1) is 0 Å². The highest BCUT2D eigenvalue weighted by molar-refractivity contribution is 6.00. The van der Waals surface area contributed by atoms with Gasteiger partial charge in [0, 0.05) is 31.2 Å². The average Bonchev–Trinajstić information content (AvgIpc) is 2.43. The van der Waals surface area contributed by atoms with Crippen LogP contribution in [0.25, 0.3) is 0 Å². The second-order valence-electron chi connectivity index (χ2n) is 5.34. The number of nitrogens with one attached hydrogen (secondary N) is 2. The number of hydrogen-bond donors (Lipinski definition) is 2. The first-order valence-electron chi connectivity index (χ1n) is 6.88. The Hall–Kier alpha value is -2.49. The SMILES string of the molecule is Cc1ccc(C)c(NC(=O)Nc2ccc(N(C)C)cc2)c1. The van der Waals surface area contributed by atoms with Gasteiger partial charge < -0.3 is 15.5 Å². The third-order valence-corrected chi connectivity index (χ3v) is 3.28. The van der Waals surface area contributed by atoms with Gasteiger partial charge in [0.2, 0.25) is 0 Å². The van der Waals surface area contributed by atoms with Gasteiger partial charge in [-0.2, -0.15) is 0 Å². The molecule has 2 rings (SSSR count). The molecular weight excluding hydrogens is 262 g/mol. The highest BCUT2D eigenvalue weighted by Gasteiger charge is 2.05. The molecule has 21 heavy (non-hydrogen) atoms. The van der Waals surface area contributed by atoms with Gasteiger partial charge in [-0.3, -0.25) is 0 Å². The Labute approximate surface area is 125 Å². The minimum atomic E-state index is -0.235. The highest BCUT2D eigenvalue weighted by atomic mass is 16.2. The molecule has 0 aliphatic heterocycles. The molecule has 0 atom stereocenters. The van der Waals surface area contributed by atoms with Crippen molar-refractivity contribution in [3.05, 3.63) is 53.6 Å². The third-order valence-electron chi connectivity index (χ3n) is 3.28. The van der Waals surface area contributed by atoms with Crippen LogP contribution in [0.5, 0.6) is 0 Å². The molecule has 4 heteroatoms. The second kappa shape index (κ2) is 6.31. The fourth-order valence-electron chi connectivity index (χ4n) is 2.00. The maximum absolute atomic E-state index is 12.0. The average molecular weight is 283 g/mol. The highest BCUT2D eigenvalue weighted by Crippen LogP contribution is 2.18. The van der Waals surface area contributed by atoms with Crippen LogP contribution in [-0.2, 0) is 0 Å². The molecule has 2 aromatic carbocycles. The van der Waals surface area contributed by atoms with E-state index in [0.717, 1.165) is 28.2 Å². The monoisotopic (exact) mass is 283 g/mol. The van der Waals surface area contributed by atoms with Crippen molar-refractivity contribution in [2.75, 3.05) is 29.6 Å². The normalized spacial score (nSPS) is 10.1. The van der Waals surface area contributed by atoms with E-state index < -0.39 is 0 Å². The van der Waals surface area contributed by atoms with Crippen molar-refractivity contribution < 1.29 is 4.79 Å². The maximum Gasteiger partial charge on any atom is 0.323 e. The van der Waals surface area contributed by atoms with E-state index in [9.17, 15) is 4.79 Å². The summed E-state index contributed by atoms with van der Waals surface area (Å²) >= 11 is 0. The molecule has 0 spiro atoms. The van der Waals surface area contributed by atoms with Crippen LogP contribution in [0, 0.1) is 13.8 Å². The summed E-state index contributed by atoms with van der Waals surface area (Å²) in [6.45, 7) is 3.98. The van der Waals surface area contributed by atoms with Crippen molar-refractivity contribution >= 4 is 23.1 Å². The smallest absolute Gasteiger partial charge is 0.323 e. The number of hydrogen-bond acceptors (Lipinski definition) is 2. The van der Waals surface area contributed by atoms with Crippen molar-refractivity contribution in [1.29, 1.82) is 0 Å². The molecule has 0 saturated carbocycles. The lowest BCUT2D eigenvalue weighted by Crippen LogP contribution is -2.20. The fraction of sp³-hybridized carbons (Fsp3) is 0.235. The van der Waals surface area contributed by atoms with Crippen LogP contribution in [0.1, 0.15) is 11.1 Å². The number of anilines is 3. The zero-order valence-corrected chi connectivity index (χ0v) is 12.9. The Balaban J connectivity index is 2.03. The van der Waals surface area contributed by atoms with E-state index in [1.165, 1.54) is 0 Å². The van der Waals surface area contributed by atoms with Crippen LogP contribution in [0.2, 0.25) is 0 Å². The summed E-state index contributed by atoms with van der Waals surface area (Å²) in [7, 11) is 3.96. The fourth-order valence-corrected chi connectivity index (χ4v) is 2.00. The lowest BCUT2D eigenvalue weighted by molar-refractivity contribution is 0.262. The van der Waals surface area contributed by atoms with E-state index in [0.29, 0.717) is 0 Å². The molecule has 0 fully saturated rings. The zero-order valence-electron chi connectivity index (χ0n) is 12.9. The molecule has 4 nitrogen and oxygen atoms in total. The molecule has 2 amide bonds. The molecule has 0 bridgehead atoms. The molecule has 0 aromatic heterocycles. The molecule has 2 aromatic rings. The summed E-state index contributed by atoms with van der Waals surface area (Å²) in [5.74, 6) is 0. The standard InChI is InChI=1S/C17H21N3O/c1-12-5-6-13(2)16(11-12)19-17(21)18-14-7-9-15(10-8-14)20(3)4/h5-11H,1-4H3,(H2,18,19,21). The van der Waals surface area contributed by atoms with Crippen LogP contribution < -0.4 is 15.5 Å². The van der Waals surface area contributed by atoms with Gasteiger partial charge in [0.05, 0.1) is 0 Å². The van der Waals surface area contributed by atoms with Crippen LogP contribution in [0.3, 0.4) is 0 Å². The van der Waals surface area contributed by atoms with Gasteiger partial charge >= 0.3 is 6.03 Å². The third kappa shape index (κ3) is 3.99. The van der Waals surface area contributed by atoms with Crippen LogP contribution >= 0.6 is 0 Å². The molecule has 2 N–H and O–H groups in total. The van der Waals surface area contributed by atoms with E-state index in [-0.39, 0.29) is 6.03 Å². The molecule has 0 heterocycles. The van der Waals surface area contributed by atoms with E-state index in [1.807, 2.05) is 75.3 Å². The largest absolute Gasteiger partial charge is 0.378 e. The molecular formula is C17H21N3O. The maximum atomic E-state index is 12.0. The van der Waals surface area contributed by atoms with E-state index >= 15 is 0 Å². The van der Waals surface area contributed by atoms with Crippen molar-refractivity contribution in [2.24, 2.45) is 0 Å². The van der Waals surface area contributed by atoms with Gasteiger partial charge in [-0.1, -0.05) is 12.1 Å². The molecule has 0 unspecified atom stereocenters. The molecule has 0 radical (unpaired) electrons. The summed E-state index contributed by atoms with van der Waals surface area (Å²) in [4.78, 5) is 14.0. The number of nitrogens with zero attached hydrogens (tertiary/aromatic N) is 1. The lowest BCUT2D eigenvalue weighted by Gasteiger charge is -2.14. The summed E-state index contributed by atoms with van der Waals surface area (Å²) in [6.07, 6.45) is 0. The Morgan fingerprint density at radius 1 is 0.952 bits per heavy atom. The van der Waals surface area contributed by atoms with Crippen molar-refractivity contribution in [1.82, 2.24) is 0 Å². The van der Waals surface area contributed by atoms with Gasteiger partial charge in [0.1, 0.15) is 0 Å². The topological polar surface area (TPSA) is 44.4 Å². The molecule has 0 aliphatic rings. The minimum Gasteiger partial charge on any atom is -0.378 e. The summed E-state index contributed by atoms with van der Waals surface area (Å²) < 4.78 is 0. The van der Waals surface area contributed by atoms with E-state index in [2.05, 4.69) is 10.6 Å². The van der Waals surface area contributed by atoms with Gasteiger partial charge in [0.25, 0.3) is 0 Å². The summed E-state index contributed by atoms with van der Waals surface area (Å²) in [5.41, 5.74) is 4.85. The molecule has 110 valence electrons. The van der Waals surface area contributed by atoms with Crippen molar-refractivity contribution in [2.45, 2.75) is 13.8 Å². The number of amides is 2. The molecule has 0 aliphatic carbocycles. The van der Waals surface area contributed by atoms with E-state index in [4.69, 9.17) is 0 Å². The predicted molar refractivity (Wildman–Crippen MR) is 89.3 cm³/mol. The number of benzene rings is 2. The minimum absolute atomic E-state index is 0.235. The lowest BCUT2D eigenvalue weighted by atomic mass is 10.1. The second-order valence-corrected chi connectivity index (χ2v) is 5.34. The van der Waals surface area contributed by atoms with Gasteiger partial charge in [0.15, 0.2) is 0 Å². The predicted octanol–water partition coefficient (Wildman–Crippen LogP) is 4.01. The Bertz CT molecular complexity index is 633. The van der Waals surface area contributed by atoms with Crippen LogP contribution in [0.15, 0.2) is 42.5 Å². The van der Waals surface area contributed by atoms with Gasteiger partial charge in [-0.25, -0.2) is 4.79 Å². The van der Waals surface area contributed by atoms with Crippen LogP contribution in [-0.4, -0.2) is 20.1 Å². The summed E-state index contributed by atoms with van der Waals surface area (Å²) in [5, 5.41) is 5.71. The number of aryl methyl sites for hydroxylation is 2. The number of urea groups is 1. The van der Waals surface area contributed by atoms with E-state index in [1.54, 1.807) is 0 Å². The first-order valence-corrected chi connectivity index (χ1v) is 6.88. The number of carbonyl (C=O) groups is 1. The first kappa shape index (κ1) is 14.9. The quantitative estimate of drug-likeness (QED) is 0.893. The van der Waals surface area contributed by atoms with Crippen molar-refractivity contribution in [3.63, 3.8) is 0 Å². The van der Waals surface area contributed by atoms with Crippen molar-refractivity contribution in [3.8, 4) is 0 Å².